The van der Waals surface area contributed by atoms with Crippen molar-refractivity contribution in [2.45, 2.75) is 0 Å². The van der Waals surface area contributed by atoms with Crippen LogP contribution >= 0.6 is 11.3 Å². The van der Waals surface area contributed by atoms with Gasteiger partial charge in [-0.2, -0.15) is 0 Å². The first-order valence-electron chi connectivity index (χ1n) is 9.04. The molecule has 2 N–H and O–H groups in total. The molecule has 3 heterocycles. The summed E-state index contributed by atoms with van der Waals surface area (Å²) in [6.45, 7) is 2.42. The molecule has 3 aromatic rings. The lowest BCUT2D eigenvalue weighted by Gasteiger charge is -2.15. The third-order valence-electron chi connectivity index (χ3n) is 4.52. The number of carbonyl (C=O) groups excluding carboxylic acids is 1. The minimum Gasteiger partial charge on any atom is -0.352 e. The van der Waals surface area contributed by atoms with E-state index in [1.54, 1.807) is 17.2 Å². The van der Waals surface area contributed by atoms with Crippen LogP contribution in [0.4, 0.5) is 16.4 Å². The molecule has 29 heavy (non-hydrogen) atoms. The van der Waals surface area contributed by atoms with E-state index in [-0.39, 0.29) is 11.7 Å². The molecule has 1 aliphatic rings. The zero-order valence-electron chi connectivity index (χ0n) is 15.4. The summed E-state index contributed by atoms with van der Waals surface area (Å²) in [5.41, 5.74) is 2.13. The van der Waals surface area contributed by atoms with Gasteiger partial charge in [0.1, 0.15) is 0 Å². The SMILES string of the molecule is O=C1NCCN1CCNc1ncc(-c2cccc([N+](=O)[O-])c2)c(-c2cccs2)n1. The second kappa shape index (κ2) is 8.23. The molecular weight excluding hydrogens is 392 g/mol. The highest BCUT2D eigenvalue weighted by atomic mass is 32.1. The van der Waals surface area contributed by atoms with E-state index in [4.69, 9.17) is 0 Å². The molecule has 0 spiro atoms. The van der Waals surface area contributed by atoms with Gasteiger partial charge in [0, 0.05) is 50.1 Å². The Balaban J connectivity index is 1.60. The minimum absolute atomic E-state index is 0.0192. The van der Waals surface area contributed by atoms with Crippen molar-refractivity contribution in [2.24, 2.45) is 0 Å². The summed E-state index contributed by atoms with van der Waals surface area (Å²) >= 11 is 1.54. The van der Waals surface area contributed by atoms with Gasteiger partial charge in [-0.3, -0.25) is 10.1 Å². The molecule has 2 amide bonds. The van der Waals surface area contributed by atoms with E-state index < -0.39 is 4.92 Å². The number of nitro groups is 1. The van der Waals surface area contributed by atoms with Gasteiger partial charge in [-0.1, -0.05) is 18.2 Å². The topological polar surface area (TPSA) is 113 Å². The number of amides is 2. The van der Waals surface area contributed by atoms with Crippen LogP contribution in [0, 0.1) is 10.1 Å². The molecule has 0 aliphatic carbocycles. The maximum atomic E-state index is 11.6. The van der Waals surface area contributed by atoms with Crippen LogP contribution in [0.5, 0.6) is 0 Å². The van der Waals surface area contributed by atoms with Gasteiger partial charge in [0.2, 0.25) is 5.95 Å². The summed E-state index contributed by atoms with van der Waals surface area (Å²) in [6.07, 6.45) is 1.67. The summed E-state index contributed by atoms with van der Waals surface area (Å²) < 4.78 is 0. The zero-order chi connectivity index (χ0) is 20.2. The van der Waals surface area contributed by atoms with Gasteiger partial charge < -0.3 is 15.5 Å². The molecule has 148 valence electrons. The maximum absolute atomic E-state index is 11.6. The summed E-state index contributed by atoms with van der Waals surface area (Å²) in [5, 5.41) is 19.0. The lowest BCUT2D eigenvalue weighted by molar-refractivity contribution is -0.384. The molecule has 1 fully saturated rings. The van der Waals surface area contributed by atoms with Gasteiger partial charge in [-0.15, -0.1) is 11.3 Å². The number of carbonyl (C=O) groups is 1. The van der Waals surface area contributed by atoms with E-state index in [2.05, 4.69) is 20.6 Å². The predicted octanol–water partition coefficient (Wildman–Crippen LogP) is 3.22. The van der Waals surface area contributed by atoms with Crippen LogP contribution in [0.2, 0.25) is 0 Å². The van der Waals surface area contributed by atoms with Crippen molar-refractivity contribution in [3.05, 3.63) is 58.1 Å². The van der Waals surface area contributed by atoms with Gasteiger partial charge >= 0.3 is 6.03 Å². The Kier molecular flexibility index (Phi) is 5.34. The molecule has 0 atom stereocenters. The van der Waals surface area contributed by atoms with E-state index in [1.165, 1.54) is 23.5 Å². The third-order valence-corrected chi connectivity index (χ3v) is 5.40. The molecule has 0 unspecified atom stereocenters. The maximum Gasteiger partial charge on any atom is 0.317 e. The van der Waals surface area contributed by atoms with E-state index in [0.717, 1.165) is 10.4 Å². The number of anilines is 1. The van der Waals surface area contributed by atoms with Crippen LogP contribution in [0.25, 0.3) is 21.7 Å². The Morgan fingerprint density at radius 3 is 2.93 bits per heavy atom. The fourth-order valence-electron chi connectivity index (χ4n) is 3.09. The molecule has 4 rings (SSSR count). The number of aromatic nitrogens is 2. The number of nitrogens with zero attached hydrogens (tertiary/aromatic N) is 4. The van der Waals surface area contributed by atoms with Crippen LogP contribution in [0.15, 0.2) is 48.0 Å². The normalized spacial score (nSPS) is 13.4. The summed E-state index contributed by atoms with van der Waals surface area (Å²) in [5.74, 6) is 0.446. The minimum atomic E-state index is -0.417. The van der Waals surface area contributed by atoms with Gasteiger partial charge in [0.15, 0.2) is 0 Å². The number of non-ortho nitro benzene ring substituents is 1. The molecule has 0 bridgehead atoms. The molecule has 10 heteroatoms. The lowest BCUT2D eigenvalue weighted by Crippen LogP contribution is -2.32. The molecular formula is C19H18N6O3S. The molecule has 1 saturated heterocycles. The largest absolute Gasteiger partial charge is 0.352 e. The average molecular weight is 410 g/mol. The number of nitrogens with one attached hydrogen (secondary N) is 2. The predicted molar refractivity (Wildman–Crippen MR) is 111 cm³/mol. The molecule has 1 aromatic carbocycles. The second-order valence-corrected chi connectivity index (χ2v) is 7.33. The number of thiophene rings is 1. The summed E-state index contributed by atoms with van der Waals surface area (Å²) in [6, 6.07) is 10.3. The fourth-order valence-corrected chi connectivity index (χ4v) is 3.82. The Morgan fingerprint density at radius 1 is 1.31 bits per heavy atom. The quantitative estimate of drug-likeness (QED) is 0.457. The first-order valence-corrected chi connectivity index (χ1v) is 9.92. The van der Waals surface area contributed by atoms with Crippen LogP contribution in [-0.4, -0.2) is 52.0 Å². The standard InChI is InChI=1S/C19H18N6O3S/c26-19-21-7-9-24(19)8-6-20-18-22-12-15(17(23-18)16-5-2-10-29-16)13-3-1-4-14(11-13)25(27)28/h1-5,10-12H,6-9H2,(H,21,26)(H,20,22,23). The van der Waals surface area contributed by atoms with Crippen molar-refractivity contribution < 1.29 is 9.72 Å². The van der Waals surface area contributed by atoms with Crippen LogP contribution in [0.3, 0.4) is 0 Å². The van der Waals surface area contributed by atoms with Crippen LogP contribution < -0.4 is 10.6 Å². The van der Waals surface area contributed by atoms with Gasteiger partial charge in [0.25, 0.3) is 5.69 Å². The molecule has 0 saturated carbocycles. The number of hydrogen-bond donors (Lipinski definition) is 2. The Hall–Kier alpha value is -3.53. The Labute approximate surface area is 170 Å². The van der Waals surface area contributed by atoms with Gasteiger partial charge in [-0.25, -0.2) is 14.8 Å². The highest BCUT2D eigenvalue weighted by molar-refractivity contribution is 7.13. The van der Waals surface area contributed by atoms with Crippen molar-refractivity contribution in [3.8, 4) is 21.7 Å². The average Bonchev–Trinajstić information content (AvgIpc) is 3.40. The van der Waals surface area contributed by atoms with Gasteiger partial charge in [0.05, 0.1) is 15.5 Å². The van der Waals surface area contributed by atoms with Crippen molar-refractivity contribution in [3.63, 3.8) is 0 Å². The number of urea groups is 1. The number of nitro benzene ring substituents is 1. The number of benzene rings is 1. The van der Waals surface area contributed by atoms with Gasteiger partial charge in [-0.05, 0) is 17.0 Å². The first-order chi connectivity index (χ1) is 14.1. The number of rotatable bonds is 7. The number of hydrogen-bond acceptors (Lipinski definition) is 7. The van der Waals surface area contributed by atoms with E-state index >= 15 is 0 Å². The molecule has 0 radical (unpaired) electrons. The van der Waals surface area contributed by atoms with Crippen molar-refractivity contribution >= 4 is 29.0 Å². The van der Waals surface area contributed by atoms with Crippen LogP contribution in [0.1, 0.15) is 0 Å². The molecule has 9 nitrogen and oxygen atoms in total. The molecule has 2 aromatic heterocycles. The Bertz CT molecular complexity index is 1040. The highest BCUT2D eigenvalue weighted by Gasteiger charge is 2.19. The second-order valence-electron chi connectivity index (χ2n) is 6.39. The Morgan fingerprint density at radius 2 is 2.21 bits per heavy atom. The zero-order valence-corrected chi connectivity index (χ0v) is 16.2. The van der Waals surface area contributed by atoms with Crippen molar-refractivity contribution in [1.82, 2.24) is 20.2 Å². The fraction of sp³-hybridized carbons (Fsp3) is 0.211. The summed E-state index contributed by atoms with van der Waals surface area (Å²) in [7, 11) is 0. The van der Waals surface area contributed by atoms with Crippen LogP contribution in [-0.2, 0) is 0 Å². The van der Waals surface area contributed by atoms with Crippen molar-refractivity contribution in [1.29, 1.82) is 0 Å². The summed E-state index contributed by atoms with van der Waals surface area (Å²) in [4.78, 5) is 34.0. The smallest absolute Gasteiger partial charge is 0.317 e. The third kappa shape index (κ3) is 4.16. The van der Waals surface area contributed by atoms with Crippen molar-refractivity contribution in [2.75, 3.05) is 31.5 Å². The lowest BCUT2D eigenvalue weighted by atomic mass is 10.0. The van der Waals surface area contributed by atoms with E-state index in [1.807, 2.05) is 23.6 Å². The molecule has 1 aliphatic heterocycles. The first kappa shape index (κ1) is 18.8. The monoisotopic (exact) mass is 410 g/mol. The highest BCUT2D eigenvalue weighted by Crippen LogP contribution is 2.34. The van der Waals surface area contributed by atoms with E-state index in [9.17, 15) is 14.9 Å². The van der Waals surface area contributed by atoms with E-state index in [0.29, 0.717) is 43.4 Å².